The van der Waals surface area contributed by atoms with Crippen LogP contribution < -0.4 is 20.7 Å². The molecule has 4 amide bonds. The summed E-state index contributed by atoms with van der Waals surface area (Å²) in [6.07, 6.45) is -1.51. The van der Waals surface area contributed by atoms with Crippen LogP contribution in [0.1, 0.15) is 80.8 Å². The van der Waals surface area contributed by atoms with E-state index < -0.39 is 49.5 Å². The molecule has 2 saturated heterocycles. The topological polar surface area (TPSA) is 215 Å². The van der Waals surface area contributed by atoms with Gasteiger partial charge in [-0.3, -0.25) is 19.2 Å². The van der Waals surface area contributed by atoms with E-state index in [0.29, 0.717) is 50.5 Å². The minimum Gasteiger partial charge on any atom is -0.484 e. The summed E-state index contributed by atoms with van der Waals surface area (Å²) in [5.74, 6) is -1.11. The average molecular weight is 1010 g/mol. The molecule has 23 heteroatoms. The van der Waals surface area contributed by atoms with Crippen molar-refractivity contribution in [2.75, 3.05) is 65.1 Å². The van der Waals surface area contributed by atoms with Gasteiger partial charge < -0.3 is 44.9 Å². The van der Waals surface area contributed by atoms with E-state index in [4.69, 9.17) is 14.2 Å². The number of ether oxygens (including phenoxy) is 3. The van der Waals surface area contributed by atoms with Crippen molar-refractivity contribution in [2.24, 2.45) is 10.5 Å². The number of nitrogens with one attached hydrogen (secondary N) is 3. The van der Waals surface area contributed by atoms with Gasteiger partial charge in [-0.1, -0.05) is 57.2 Å². The number of nitrogens with zero attached hydrogens (tertiary/aromatic N) is 7. The van der Waals surface area contributed by atoms with Crippen molar-refractivity contribution in [3.05, 3.63) is 82.5 Å². The van der Waals surface area contributed by atoms with Crippen molar-refractivity contribution < 1.29 is 51.5 Å². The predicted octanol–water partition coefficient (Wildman–Crippen LogP) is 5.04. The fourth-order valence-electron chi connectivity index (χ4n) is 8.42. The number of piperidine rings is 1. The molecule has 2 aromatic carbocycles. The lowest BCUT2D eigenvalue weighted by Crippen LogP contribution is -2.58. The molecule has 3 aliphatic rings. The van der Waals surface area contributed by atoms with E-state index in [1.54, 1.807) is 16.8 Å². The third kappa shape index (κ3) is 13.9. The first-order valence-corrected chi connectivity index (χ1v) is 25.8. The molecule has 0 spiro atoms. The molecule has 0 bridgehead atoms. The Morgan fingerprint density at radius 1 is 0.914 bits per heavy atom. The Morgan fingerprint density at radius 2 is 1.64 bits per heavy atom. The highest BCUT2D eigenvalue weighted by Crippen LogP contribution is 2.41. The SMILES string of the molecule is Cc1ncsc1-c1ccc(CNC(=O)C2CP(O)CN2C(=O)C(NC(=O)COCCCOCCNC(=O)COc2ccc(C3CCN(C4=Nn5c(nnc5C(F)(F)F)CC4)CC3)cc2)C(C)(C)C)cc1. The fraction of sp³-hybridized carbons (Fsp3) is 0.532. The van der Waals surface area contributed by atoms with Crippen molar-refractivity contribution >= 4 is 48.9 Å². The first kappa shape index (κ1) is 52.3. The van der Waals surface area contributed by atoms with E-state index >= 15 is 0 Å². The Bertz CT molecular complexity index is 2460. The maximum Gasteiger partial charge on any atom is 0.453 e. The van der Waals surface area contributed by atoms with Crippen LogP contribution >= 0.6 is 19.5 Å². The Hall–Kier alpha value is -5.54. The van der Waals surface area contributed by atoms with Gasteiger partial charge in [0.05, 0.1) is 29.0 Å². The number of aryl methyl sites for hydroxylation is 2. The number of thiazole rings is 1. The second-order valence-corrected chi connectivity index (χ2v) is 21.0. The zero-order chi connectivity index (χ0) is 50.0. The maximum absolute atomic E-state index is 13.9. The molecule has 4 N–H and O–H groups in total. The van der Waals surface area contributed by atoms with Crippen molar-refractivity contribution in [2.45, 2.75) is 90.5 Å². The van der Waals surface area contributed by atoms with Gasteiger partial charge in [0.2, 0.25) is 17.7 Å². The van der Waals surface area contributed by atoms with Crippen LogP contribution in [0.25, 0.3) is 10.4 Å². The molecular formula is C47H60F3N10O8PS. The Balaban J connectivity index is 0.737. The molecule has 378 valence electrons. The molecule has 0 radical (unpaired) electrons. The summed E-state index contributed by atoms with van der Waals surface area (Å²) in [7, 11) is -1.59. The minimum atomic E-state index is -4.63. The second-order valence-electron chi connectivity index (χ2n) is 18.5. The normalized spacial score (nSPS) is 18.0. The molecule has 2 fully saturated rings. The van der Waals surface area contributed by atoms with Crippen molar-refractivity contribution in [1.29, 1.82) is 0 Å². The van der Waals surface area contributed by atoms with Gasteiger partial charge in [0, 0.05) is 66.5 Å². The highest BCUT2D eigenvalue weighted by atomic mass is 32.1. The van der Waals surface area contributed by atoms with Crippen LogP contribution in [0.2, 0.25) is 0 Å². The highest BCUT2D eigenvalue weighted by Gasteiger charge is 2.45. The Morgan fingerprint density at radius 3 is 2.33 bits per heavy atom. The van der Waals surface area contributed by atoms with Gasteiger partial charge in [-0.2, -0.15) is 22.9 Å². The van der Waals surface area contributed by atoms with Gasteiger partial charge in [0.1, 0.15) is 30.3 Å². The Kier molecular flexibility index (Phi) is 17.6. The van der Waals surface area contributed by atoms with Crippen molar-refractivity contribution in [3.8, 4) is 16.2 Å². The molecule has 0 saturated carbocycles. The van der Waals surface area contributed by atoms with Crippen molar-refractivity contribution in [1.82, 2.24) is 45.6 Å². The lowest BCUT2D eigenvalue weighted by atomic mass is 9.85. The number of aromatic nitrogens is 4. The number of hydrogen-bond acceptors (Lipinski definition) is 14. The van der Waals surface area contributed by atoms with E-state index in [1.165, 1.54) is 4.90 Å². The van der Waals surface area contributed by atoms with Crippen LogP contribution in [0.5, 0.6) is 5.75 Å². The van der Waals surface area contributed by atoms with Crippen LogP contribution in [0.15, 0.2) is 59.1 Å². The lowest BCUT2D eigenvalue weighted by Gasteiger charge is -2.35. The number of amidine groups is 1. The molecular weight excluding hydrogens is 953 g/mol. The number of halogens is 3. The summed E-state index contributed by atoms with van der Waals surface area (Å²) < 4.78 is 57.7. The smallest absolute Gasteiger partial charge is 0.453 e. The second kappa shape index (κ2) is 23.6. The Labute approximate surface area is 409 Å². The van der Waals surface area contributed by atoms with Gasteiger partial charge in [-0.25, -0.2) is 4.98 Å². The van der Waals surface area contributed by atoms with Gasteiger partial charge in [-0.05, 0) is 66.3 Å². The number of alkyl halides is 3. The summed E-state index contributed by atoms with van der Waals surface area (Å²) in [6.45, 7) is 9.57. The van der Waals surface area contributed by atoms with Crippen LogP contribution in [0, 0.1) is 12.3 Å². The first-order chi connectivity index (χ1) is 33.4. The van der Waals surface area contributed by atoms with Gasteiger partial charge in [0.15, 0.2) is 12.4 Å². The van der Waals surface area contributed by atoms with Gasteiger partial charge >= 0.3 is 6.18 Å². The standard InChI is InChI=1S/C47H60F3N10O8PS/c1-30-41(70-28-53-30)34-8-6-31(7-9-34)24-52-43(63)36-27-69(65)29-59(36)44(64)42(46(2,3)4)54-40(62)25-67-22-5-21-66-23-18-51-39(61)26-68-35-12-10-32(11-13-35)33-16-19-58(20-17-33)38-15-14-37-55-56-45(47(48,49)50)60(37)57-38/h6-13,28,33,36,42,65H,5,14-27,29H2,1-4H3,(H,51,61)(H,52,63)(H,54,62). The molecule has 7 rings (SSSR count). The number of carbonyl (C=O) groups is 4. The monoisotopic (exact) mass is 1010 g/mol. The molecule has 18 nitrogen and oxygen atoms in total. The largest absolute Gasteiger partial charge is 0.484 e. The van der Waals surface area contributed by atoms with E-state index in [1.807, 2.05) is 81.1 Å². The van der Waals surface area contributed by atoms with E-state index in [-0.39, 0.29) is 75.5 Å². The van der Waals surface area contributed by atoms with Crippen LogP contribution in [-0.2, 0) is 47.8 Å². The van der Waals surface area contributed by atoms with Crippen LogP contribution in [0.3, 0.4) is 0 Å². The van der Waals surface area contributed by atoms with E-state index in [0.717, 1.165) is 44.8 Å². The van der Waals surface area contributed by atoms with Crippen LogP contribution in [-0.4, -0.2) is 141 Å². The average Bonchev–Trinajstić information content (AvgIpc) is 4.09. The number of likely N-dealkylation sites (tertiary alicyclic amines) is 1. The minimum absolute atomic E-state index is 0.0301. The molecule has 70 heavy (non-hydrogen) atoms. The number of carbonyl (C=O) groups excluding carboxylic acids is 4. The number of amides is 4. The molecule has 2 aromatic heterocycles. The molecule has 3 atom stereocenters. The predicted molar refractivity (Wildman–Crippen MR) is 256 cm³/mol. The summed E-state index contributed by atoms with van der Waals surface area (Å²) in [4.78, 5) is 72.2. The zero-order valence-electron chi connectivity index (χ0n) is 39.7. The number of benzene rings is 2. The number of fused-ring (bicyclic) bond motifs is 1. The van der Waals surface area contributed by atoms with Gasteiger partial charge in [-0.15, -0.1) is 21.5 Å². The highest BCUT2D eigenvalue weighted by molar-refractivity contribution is 7.52. The van der Waals surface area contributed by atoms with Crippen molar-refractivity contribution in [3.63, 3.8) is 0 Å². The number of rotatable bonds is 19. The summed E-state index contributed by atoms with van der Waals surface area (Å²) in [6, 6.07) is 13.5. The van der Waals surface area contributed by atoms with Crippen LogP contribution in [0.4, 0.5) is 13.2 Å². The maximum atomic E-state index is 13.9. The van der Waals surface area contributed by atoms with E-state index in [2.05, 4.69) is 36.2 Å². The van der Waals surface area contributed by atoms with E-state index in [9.17, 15) is 37.2 Å². The summed E-state index contributed by atoms with van der Waals surface area (Å²) >= 11 is 1.56. The summed E-state index contributed by atoms with van der Waals surface area (Å²) in [5.41, 5.74) is 5.08. The quantitative estimate of drug-likeness (QED) is 0.0719. The first-order valence-electron chi connectivity index (χ1n) is 23.2. The molecule has 3 unspecified atom stereocenters. The summed E-state index contributed by atoms with van der Waals surface area (Å²) in [5, 5.41) is 19.7. The molecule has 5 heterocycles. The van der Waals surface area contributed by atoms with Gasteiger partial charge in [0.25, 0.3) is 11.7 Å². The molecule has 0 aliphatic carbocycles. The lowest BCUT2D eigenvalue weighted by molar-refractivity contribution is -0.147. The third-order valence-corrected chi connectivity index (χ3v) is 14.6. The third-order valence-electron chi connectivity index (χ3n) is 12.2. The molecule has 4 aromatic rings. The molecule has 3 aliphatic heterocycles. The number of hydrogen-bond donors (Lipinski definition) is 4. The zero-order valence-corrected chi connectivity index (χ0v) is 41.4. The fourth-order valence-corrected chi connectivity index (χ4v) is 10.8.